The lowest BCUT2D eigenvalue weighted by Crippen LogP contribution is -2.40. The van der Waals surface area contributed by atoms with Gasteiger partial charge in [0.25, 0.3) is 0 Å². The topological polar surface area (TPSA) is 45.2 Å². The van der Waals surface area contributed by atoms with Crippen molar-refractivity contribution in [2.75, 3.05) is 13.1 Å². The van der Waals surface area contributed by atoms with Crippen molar-refractivity contribution in [3.63, 3.8) is 0 Å². The van der Waals surface area contributed by atoms with E-state index >= 15 is 0 Å². The minimum atomic E-state index is 0. The maximum absolute atomic E-state index is 12.9. The van der Waals surface area contributed by atoms with Crippen molar-refractivity contribution >= 4 is 18.3 Å². The predicted molar refractivity (Wildman–Crippen MR) is 99.1 cm³/mol. The molecule has 1 aliphatic carbocycles. The molecule has 2 heterocycles. The van der Waals surface area contributed by atoms with E-state index in [9.17, 15) is 4.79 Å². The Bertz CT molecular complexity index is 485. The molecule has 1 aromatic heterocycles. The van der Waals surface area contributed by atoms with Crippen LogP contribution in [0.4, 0.5) is 0 Å². The molecule has 1 saturated carbocycles. The SMILES string of the molecule is Cl.O=C(CCC1CCC1)N(Cc1ccccn1)C1CCCNCC1. The quantitative estimate of drug-likeness (QED) is 0.852. The Balaban J connectivity index is 0.00000208. The number of nitrogens with zero attached hydrogens (tertiary/aromatic N) is 2. The number of carbonyl (C=O) groups is 1. The van der Waals surface area contributed by atoms with Crippen LogP contribution in [0.3, 0.4) is 0 Å². The van der Waals surface area contributed by atoms with Crippen LogP contribution >= 0.6 is 12.4 Å². The molecule has 1 saturated heterocycles. The van der Waals surface area contributed by atoms with Crippen molar-refractivity contribution in [1.82, 2.24) is 15.2 Å². The average molecular weight is 352 g/mol. The van der Waals surface area contributed by atoms with Gasteiger partial charge in [0.2, 0.25) is 5.91 Å². The molecule has 1 unspecified atom stereocenters. The number of hydrogen-bond acceptors (Lipinski definition) is 3. The molecule has 1 N–H and O–H groups in total. The number of hydrogen-bond donors (Lipinski definition) is 1. The summed E-state index contributed by atoms with van der Waals surface area (Å²) < 4.78 is 0. The molecule has 0 bridgehead atoms. The first-order valence-electron chi connectivity index (χ1n) is 9.23. The molecule has 0 aromatic carbocycles. The van der Waals surface area contributed by atoms with Gasteiger partial charge >= 0.3 is 0 Å². The minimum absolute atomic E-state index is 0. The molecule has 1 atom stereocenters. The Morgan fingerprint density at radius 3 is 2.75 bits per heavy atom. The van der Waals surface area contributed by atoms with Crippen LogP contribution < -0.4 is 5.32 Å². The summed E-state index contributed by atoms with van der Waals surface area (Å²) in [5, 5.41) is 3.45. The lowest BCUT2D eigenvalue weighted by molar-refractivity contribution is -0.135. The summed E-state index contributed by atoms with van der Waals surface area (Å²) in [5.41, 5.74) is 1.00. The summed E-state index contributed by atoms with van der Waals surface area (Å²) in [5.74, 6) is 1.13. The monoisotopic (exact) mass is 351 g/mol. The van der Waals surface area contributed by atoms with Crippen molar-refractivity contribution in [2.24, 2.45) is 5.92 Å². The predicted octanol–water partition coefficient (Wildman–Crippen LogP) is 3.55. The zero-order chi connectivity index (χ0) is 15.9. The highest BCUT2D eigenvalue weighted by atomic mass is 35.5. The van der Waals surface area contributed by atoms with E-state index in [-0.39, 0.29) is 12.4 Å². The summed E-state index contributed by atoms with van der Waals surface area (Å²) in [7, 11) is 0. The van der Waals surface area contributed by atoms with Gasteiger partial charge in [0.15, 0.2) is 0 Å². The van der Waals surface area contributed by atoms with E-state index in [0.29, 0.717) is 24.9 Å². The molecule has 1 aromatic rings. The molecule has 0 spiro atoms. The van der Waals surface area contributed by atoms with Gasteiger partial charge < -0.3 is 10.2 Å². The Morgan fingerprint density at radius 1 is 1.17 bits per heavy atom. The van der Waals surface area contributed by atoms with Crippen molar-refractivity contribution in [3.05, 3.63) is 30.1 Å². The number of aromatic nitrogens is 1. The first-order chi connectivity index (χ1) is 11.3. The van der Waals surface area contributed by atoms with Crippen molar-refractivity contribution in [3.8, 4) is 0 Å². The van der Waals surface area contributed by atoms with Crippen LogP contribution in [0.2, 0.25) is 0 Å². The summed E-state index contributed by atoms with van der Waals surface area (Å²) in [6, 6.07) is 6.33. The largest absolute Gasteiger partial charge is 0.334 e. The van der Waals surface area contributed by atoms with Gasteiger partial charge in [0.1, 0.15) is 0 Å². The van der Waals surface area contributed by atoms with E-state index in [2.05, 4.69) is 15.2 Å². The van der Waals surface area contributed by atoms with Gasteiger partial charge in [-0.3, -0.25) is 9.78 Å². The fourth-order valence-corrected chi connectivity index (χ4v) is 3.65. The molecule has 1 amide bonds. The van der Waals surface area contributed by atoms with Gasteiger partial charge in [-0.05, 0) is 56.8 Å². The van der Waals surface area contributed by atoms with Gasteiger partial charge in [0, 0.05) is 18.7 Å². The second-order valence-corrected chi connectivity index (χ2v) is 7.01. The minimum Gasteiger partial charge on any atom is -0.334 e. The van der Waals surface area contributed by atoms with Crippen molar-refractivity contribution in [1.29, 1.82) is 0 Å². The molecule has 3 rings (SSSR count). The Kier molecular flexibility index (Phi) is 8.00. The molecule has 1 aliphatic heterocycles. The van der Waals surface area contributed by atoms with Crippen LogP contribution in [-0.4, -0.2) is 34.9 Å². The van der Waals surface area contributed by atoms with Gasteiger partial charge in [0.05, 0.1) is 12.2 Å². The van der Waals surface area contributed by atoms with Crippen LogP contribution in [0.15, 0.2) is 24.4 Å². The van der Waals surface area contributed by atoms with Gasteiger partial charge in [-0.25, -0.2) is 0 Å². The Hall–Kier alpha value is -1.13. The summed E-state index contributed by atoms with van der Waals surface area (Å²) in [6.07, 6.45) is 10.9. The smallest absolute Gasteiger partial charge is 0.223 e. The van der Waals surface area contributed by atoms with Crippen LogP contribution in [0.5, 0.6) is 0 Å². The first-order valence-corrected chi connectivity index (χ1v) is 9.23. The molecule has 5 heteroatoms. The molecular weight excluding hydrogens is 322 g/mol. The van der Waals surface area contributed by atoms with E-state index in [4.69, 9.17) is 0 Å². The van der Waals surface area contributed by atoms with E-state index in [1.807, 2.05) is 24.4 Å². The third-order valence-electron chi connectivity index (χ3n) is 5.36. The number of rotatable bonds is 6. The number of pyridine rings is 1. The number of amides is 1. The second-order valence-electron chi connectivity index (χ2n) is 7.01. The van der Waals surface area contributed by atoms with E-state index in [1.165, 1.54) is 19.3 Å². The maximum Gasteiger partial charge on any atom is 0.223 e. The number of halogens is 1. The third kappa shape index (κ3) is 5.45. The molecule has 0 radical (unpaired) electrons. The van der Waals surface area contributed by atoms with E-state index < -0.39 is 0 Å². The second kappa shape index (κ2) is 10.00. The van der Waals surface area contributed by atoms with E-state index in [0.717, 1.165) is 50.4 Å². The van der Waals surface area contributed by atoms with Crippen LogP contribution in [0.25, 0.3) is 0 Å². The van der Waals surface area contributed by atoms with Crippen molar-refractivity contribution in [2.45, 2.75) is 64.0 Å². The first kappa shape index (κ1) is 19.2. The maximum atomic E-state index is 12.9. The zero-order valence-electron chi connectivity index (χ0n) is 14.5. The van der Waals surface area contributed by atoms with Crippen LogP contribution in [0, 0.1) is 5.92 Å². The molecule has 4 nitrogen and oxygen atoms in total. The average Bonchev–Trinajstić information content (AvgIpc) is 2.81. The summed E-state index contributed by atoms with van der Waals surface area (Å²) in [6.45, 7) is 2.75. The molecule has 2 aliphatic rings. The molecular formula is C19H30ClN3O. The zero-order valence-corrected chi connectivity index (χ0v) is 15.3. The molecule has 134 valence electrons. The Labute approximate surface area is 151 Å². The van der Waals surface area contributed by atoms with Crippen LogP contribution in [0.1, 0.15) is 57.1 Å². The lowest BCUT2D eigenvalue weighted by Gasteiger charge is -2.32. The molecule has 24 heavy (non-hydrogen) atoms. The van der Waals surface area contributed by atoms with Gasteiger partial charge in [-0.2, -0.15) is 0 Å². The van der Waals surface area contributed by atoms with Gasteiger partial charge in [-0.1, -0.05) is 25.3 Å². The van der Waals surface area contributed by atoms with Crippen LogP contribution in [-0.2, 0) is 11.3 Å². The fraction of sp³-hybridized carbons (Fsp3) is 0.684. The highest BCUT2D eigenvalue weighted by Crippen LogP contribution is 2.31. The standard InChI is InChI=1S/C19H29N3O.ClH/c23-19(10-9-16-5-3-6-16)22(15-17-7-1-2-13-21-17)18-8-4-12-20-14-11-18;/h1-2,7,13,16,18,20H,3-6,8-12,14-15H2;1H. The highest BCUT2D eigenvalue weighted by molar-refractivity contribution is 5.85. The van der Waals surface area contributed by atoms with Gasteiger partial charge in [-0.15, -0.1) is 12.4 Å². The number of carbonyl (C=O) groups excluding carboxylic acids is 1. The molecule has 2 fully saturated rings. The normalized spacial score (nSPS) is 21.2. The lowest BCUT2D eigenvalue weighted by atomic mass is 9.82. The van der Waals surface area contributed by atoms with Crippen molar-refractivity contribution < 1.29 is 4.79 Å². The number of nitrogens with one attached hydrogen (secondary N) is 1. The Morgan fingerprint density at radius 2 is 2.04 bits per heavy atom. The highest BCUT2D eigenvalue weighted by Gasteiger charge is 2.26. The fourth-order valence-electron chi connectivity index (χ4n) is 3.65. The third-order valence-corrected chi connectivity index (χ3v) is 5.36. The summed E-state index contributed by atoms with van der Waals surface area (Å²) >= 11 is 0. The van der Waals surface area contributed by atoms with E-state index in [1.54, 1.807) is 0 Å². The summed E-state index contributed by atoms with van der Waals surface area (Å²) in [4.78, 5) is 19.4.